The van der Waals surface area contributed by atoms with Crippen LogP contribution in [0.5, 0.6) is 0 Å². The lowest BCUT2D eigenvalue weighted by atomic mass is 10.0. The monoisotopic (exact) mass is 643 g/mol. The molecule has 0 spiro atoms. The molecule has 0 aliphatic heterocycles. The van der Waals surface area contributed by atoms with E-state index in [0.29, 0.717) is 22.2 Å². The van der Waals surface area contributed by atoms with Crippen molar-refractivity contribution in [3.63, 3.8) is 0 Å². The summed E-state index contributed by atoms with van der Waals surface area (Å²) in [5, 5.41) is 10.5. The number of thiophene rings is 1. The fraction of sp³-hybridized carbons (Fsp3) is 0.233. The van der Waals surface area contributed by atoms with Gasteiger partial charge in [0, 0.05) is 21.3 Å². The third kappa shape index (κ3) is 6.10. The first-order chi connectivity index (χ1) is 21.0. The van der Waals surface area contributed by atoms with E-state index in [1.54, 1.807) is 49.4 Å². The SMILES string of the molecule is CCOC(=O)Cn1c(C(=O)NCc2nnc(C(F)(F)F)n2-c2sc(CC)cc2C(=O)c2ccccc2Cl)cc2ccccc21. The average molecular weight is 644 g/mol. The number of ether oxygens (including phenoxy) is 1. The molecular formula is C30H25ClF3N5O4S. The fourth-order valence-corrected chi connectivity index (χ4v) is 6.04. The Labute approximate surface area is 258 Å². The zero-order valence-corrected chi connectivity index (χ0v) is 25.0. The average Bonchev–Trinajstić information content (AvgIpc) is 3.71. The summed E-state index contributed by atoms with van der Waals surface area (Å²) >= 11 is 7.24. The zero-order chi connectivity index (χ0) is 31.6. The highest BCUT2D eigenvalue weighted by Gasteiger charge is 2.40. The number of esters is 1. The van der Waals surface area contributed by atoms with Gasteiger partial charge in [-0.1, -0.05) is 48.9 Å². The van der Waals surface area contributed by atoms with E-state index in [4.69, 9.17) is 16.3 Å². The van der Waals surface area contributed by atoms with E-state index in [-0.39, 0.29) is 45.8 Å². The van der Waals surface area contributed by atoms with Gasteiger partial charge in [0.25, 0.3) is 5.91 Å². The molecule has 1 N–H and O–H groups in total. The van der Waals surface area contributed by atoms with Crippen LogP contribution in [0.15, 0.2) is 60.7 Å². The smallest absolute Gasteiger partial charge is 0.452 e. The quantitative estimate of drug-likeness (QED) is 0.143. The number of carbonyl (C=O) groups is 3. The molecule has 0 saturated heterocycles. The Morgan fingerprint density at radius 2 is 1.73 bits per heavy atom. The number of ketones is 1. The number of hydrogen-bond acceptors (Lipinski definition) is 7. The van der Waals surface area contributed by atoms with E-state index in [0.717, 1.165) is 15.9 Å². The van der Waals surface area contributed by atoms with Gasteiger partial charge in [-0.25, -0.2) is 0 Å². The molecule has 3 heterocycles. The van der Waals surface area contributed by atoms with Crippen molar-refractivity contribution in [1.29, 1.82) is 0 Å². The van der Waals surface area contributed by atoms with Crippen molar-refractivity contribution >= 4 is 51.5 Å². The van der Waals surface area contributed by atoms with Crippen molar-refractivity contribution in [2.75, 3.05) is 6.61 Å². The Morgan fingerprint density at radius 3 is 2.43 bits per heavy atom. The number of halogens is 4. The number of aromatic nitrogens is 4. The molecule has 0 unspecified atom stereocenters. The van der Waals surface area contributed by atoms with E-state index in [9.17, 15) is 27.6 Å². The summed E-state index contributed by atoms with van der Waals surface area (Å²) in [6, 6.07) is 16.4. The number of amides is 1. The number of nitrogens with zero attached hydrogens (tertiary/aromatic N) is 4. The summed E-state index contributed by atoms with van der Waals surface area (Å²) < 4.78 is 49.9. The van der Waals surface area contributed by atoms with E-state index in [2.05, 4.69) is 15.5 Å². The highest BCUT2D eigenvalue weighted by Crippen LogP contribution is 2.36. The summed E-state index contributed by atoms with van der Waals surface area (Å²) in [7, 11) is 0. The van der Waals surface area contributed by atoms with Gasteiger partial charge in [0.05, 0.1) is 23.7 Å². The molecule has 0 atom stereocenters. The predicted molar refractivity (Wildman–Crippen MR) is 158 cm³/mol. The van der Waals surface area contributed by atoms with Crippen molar-refractivity contribution in [3.8, 4) is 5.00 Å². The van der Waals surface area contributed by atoms with Crippen LogP contribution >= 0.6 is 22.9 Å². The van der Waals surface area contributed by atoms with Crippen LogP contribution in [0.3, 0.4) is 0 Å². The number of para-hydroxylation sites is 1. The van der Waals surface area contributed by atoms with E-state index < -0.39 is 36.2 Å². The lowest BCUT2D eigenvalue weighted by molar-refractivity contribution is -0.146. The first-order valence-electron chi connectivity index (χ1n) is 13.5. The molecule has 14 heteroatoms. The van der Waals surface area contributed by atoms with E-state index in [1.807, 2.05) is 6.92 Å². The molecule has 228 valence electrons. The minimum atomic E-state index is -4.93. The van der Waals surface area contributed by atoms with Gasteiger partial charge in [-0.15, -0.1) is 21.5 Å². The topological polar surface area (TPSA) is 108 Å². The van der Waals surface area contributed by atoms with Crippen molar-refractivity contribution in [1.82, 2.24) is 24.6 Å². The molecular weight excluding hydrogens is 619 g/mol. The number of hydrogen-bond donors (Lipinski definition) is 1. The van der Waals surface area contributed by atoms with Gasteiger partial charge in [0.1, 0.15) is 17.2 Å². The van der Waals surface area contributed by atoms with Gasteiger partial charge >= 0.3 is 12.1 Å². The number of rotatable bonds is 10. The van der Waals surface area contributed by atoms with E-state index in [1.165, 1.54) is 22.8 Å². The first kappa shape index (κ1) is 31.0. The molecule has 2 aromatic carbocycles. The van der Waals surface area contributed by atoms with Gasteiger partial charge in [0.2, 0.25) is 5.82 Å². The minimum Gasteiger partial charge on any atom is -0.465 e. The highest BCUT2D eigenvalue weighted by atomic mass is 35.5. The van der Waals surface area contributed by atoms with Gasteiger partial charge in [-0.3, -0.25) is 19.0 Å². The minimum absolute atomic E-state index is 0.00705. The molecule has 5 rings (SSSR count). The number of alkyl halides is 3. The summed E-state index contributed by atoms with van der Waals surface area (Å²) in [6.07, 6.45) is -4.48. The number of nitrogens with one attached hydrogen (secondary N) is 1. The first-order valence-corrected chi connectivity index (χ1v) is 14.7. The third-order valence-electron chi connectivity index (χ3n) is 6.70. The lowest BCUT2D eigenvalue weighted by Gasteiger charge is -2.14. The summed E-state index contributed by atoms with van der Waals surface area (Å²) in [4.78, 5) is 39.9. The lowest BCUT2D eigenvalue weighted by Crippen LogP contribution is -2.28. The highest BCUT2D eigenvalue weighted by molar-refractivity contribution is 7.15. The second kappa shape index (κ2) is 12.6. The Hall–Kier alpha value is -4.49. The van der Waals surface area contributed by atoms with Crippen LogP contribution in [0.1, 0.15) is 56.8 Å². The maximum Gasteiger partial charge on any atom is 0.452 e. The van der Waals surface area contributed by atoms with Crippen LogP contribution in [-0.4, -0.2) is 43.6 Å². The van der Waals surface area contributed by atoms with Gasteiger partial charge < -0.3 is 14.6 Å². The van der Waals surface area contributed by atoms with Crippen LogP contribution < -0.4 is 5.32 Å². The number of benzene rings is 2. The molecule has 1 amide bonds. The molecule has 5 aromatic rings. The molecule has 0 saturated carbocycles. The van der Waals surface area contributed by atoms with E-state index >= 15 is 0 Å². The zero-order valence-electron chi connectivity index (χ0n) is 23.4. The Morgan fingerprint density at radius 1 is 1.00 bits per heavy atom. The predicted octanol–water partition coefficient (Wildman–Crippen LogP) is 6.24. The molecule has 3 aromatic heterocycles. The molecule has 9 nitrogen and oxygen atoms in total. The van der Waals surface area contributed by atoms with Gasteiger partial charge in [-0.05, 0) is 43.7 Å². The molecule has 0 aliphatic carbocycles. The summed E-state index contributed by atoms with van der Waals surface area (Å²) in [5.41, 5.74) is 0.816. The number of aryl methyl sites for hydroxylation is 1. The molecule has 0 aliphatic rings. The molecule has 44 heavy (non-hydrogen) atoms. The number of fused-ring (bicyclic) bond motifs is 1. The van der Waals surface area contributed by atoms with Crippen molar-refractivity contribution in [3.05, 3.63) is 99.0 Å². The second-order valence-electron chi connectivity index (χ2n) is 9.53. The molecule has 0 bridgehead atoms. The standard InChI is InChI=1S/C30H25ClF3N5O4S/c1-3-18-14-20(26(41)19-10-6-7-11-21(19)31)28(44-18)39-24(36-37-29(39)30(32,33)34)15-35-27(42)23-13-17-9-5-8-12-22(17)38(23)16-25(40)43-4-2/h5-14H,3-4,15-16H2,1-2H3,(H,35,42). The second-order valence-corrected chi connectivity index (χ2v) is 11.1. The van der Waals surface area contributed by atoms with Crippen molar-refractivity contribution < 1.29 is 32.3 Å². The summed E-state index contributed by atoms with van der Waals surface area (Å²) in [5.74, 6) is -3.40. The third-order valence-corrected chi connectivity index (χ3v) is 8.30. The number of carbonyl (C=O) groups excluding carboxylic acids is 3. The van der Waals surface area contributed by atoms with Crippen LogP contribution in [0.2, 0.25) is 5.02 Å². The van der Waals surface area contributed by atoms with Gasteiger partial charge in [0.15, 0.2) is 11.6 Å². The Bertz CT molecular complexity index is 1880. The van der Waals surface area contributed by atoms with Crippen LogP contribution in [0.4, 0.5) is 13.2 Å². The Balaban J connectivity index is 1.54. The molecule has 0 radical (unpaired) electrons. The maximum absolute atomic E-state index is 14.2. The maximum atomic E-state index is 14.2. The normalized spacial score (nSPS) is 11.6. The van der Waals surface area contributed by atoms with Crippen molar-refractivity contribution in [2.24, 2.45) is 0 Å². The van der Waals surface area contributed by atoms with Gasteiger partial charge in [-0.2, -0.15) is 13.2 Å². The Kier molecular flexibility index (Phi) is 8.88. The largest absolute Gasteiger partial charge is 0.465 e. The van der Waals surface area contributed by atoms with Crippen LogP contribution in [0.25, 0.3) is 15.9 Å². The fourth-order valence-electron chi connectivity index (χ4n) is 4.71. The van der Waals surface area contributed by atoms with Crippen LogP contribution in [-0.2, 0) is 35.2 Å². The summed E-state index contributed by atoms with van der Waals surface area (Å²) in [6.45, 7) is 2.91. The van der Waals surface area contributed by atoms with Crippen molar-refractivity contribution in [2.45, 2.75) is 39.5 Å². The molecule has 0 fully saturated rings. The van der Waals surface area contributed by atoms with Crippen LogP contribution in [0, 0.1) is 0 Å².